The van der Waals surface area contributed by atoms with E-state index in [0.717, 1.165) is 50.0 Å². The first-order valence-electron chi connectivity index (χ1n) is 9.61. The van der Waals surface area contributed by atoms with Crippen molar-refractivity contribution in [2.45, 2.75) is 39.7 Å². The van der Waals surface area contributed by atoms with Crippen LogP contribution in [0.4, 0.5) is 0 Å². The highest BCUT2D eigenvalue weighted by Crippen LogP contribution is 2.14. The molecule has 3 rings (SSSR count). The number of hydrogen-bond acceptors (Lipinski definition) is 3. The number of nitrogens with one attached hydrogen (secondary N) is 3. The first-order valence-corrected chi connectivity index (χ1v) is 9.61. The predicted octanol–water partition coefficient (Wildman–Crippen LogP) is 2.68. The number of rotatable bonds is 8. The standard InChI is InChI=1S/C20H29N7/c1-4-5-11-21-20(23-14-19-26-25-15(2)27(19)3)22-12-10-17-13-16-8-6-7-9-18(16)24-17/h6-9,13,24H,4-5,10-12,14H2,1-3H3,(H2,21,22,23). The topological polar surface area (TPSA) is 82.9 Å². The molecular formula is C20H29N7. The third kappa shape index (κ3) is 5.09. The third-order valence-electron chi connectivity index (χ3n) is 4.66. The first-order chi connectivity index (χ1) is 13.2. The normalized spacial score (nSPS) is 11.9. The SMILES string of the molecule is CCCCNC(=NCc1nnc(C)n1C)NCCc1cc2ccccc2[nH]1. The molecule has 0 amide bonds. The number of aromatic amines is 1. The summed E-state index contributed by atoms with van der Waals surface area (Å²) in [6.45, 7) is 6.35. The molecule has 0 unspecified atom stereocenters. The summed E-state index contributed by atoms with van der Waals surface area (Å²) < 4.78 is 1.97. The zero-order valence-electron chi connectivity index (χ0n) is 16.4. The lowest BCUT2D eigenvalue weighted by Gasteiger charge is -2.12. The summed E-state index contributed by atoms with van der Waals surface area (Å²) in [5, 5.41) is 16.4. The molecule has 2 heterocycles. The van der Waals surface area contributed by atoms with Crippen LogP contribution in [0.15, 0.2) is 35.3 Å². The molecule has 144 valence electrons. The molecule has 0 bridgehead atoms. The minimum atomic E-state index is 0.505. The van der Waals surface area contributed by atoms with Crippen molar-refractivity contribution in [2.75, 3.05) is 13.1 Å². The Hall–Kier alpha value is -2.83. The molecule has 3 aromatic rings. The minimum Gasteiger partial charge on any atom is -0.358 e. The molecule has 7 heteroatoms. The molecule has 0 spiro atoms. The van der Waals surface area contributed by atoms with Gasteiger partial charge in [-0.2, -0.15) is 0 Å². The summed E-state index contributed by atoms with van der Waals surface area (Å²) in [6.07, 6.45) is 3.18. The first kappa shape index (κ1) is 18.9. The molecule has 0 saturated heterocycles. The monoisotopic (exact) mass is 367 g/mol. The molecule has 0 saturated carbocycles. The van der Waals surface area contributed by atoms with E-state index in [4.69, 9.17) is 0 Å². The molecule has 3 N–H and O–H groups in total. The Morgan fingerprint density at radius 1 is 1.19 bits per heavy atom. The average molecular weight is 368 g/mol. The molecule has 0 atom stereocenters. The maximum Gasteiger partial charge on any atom is 0.191 e. The molecule has 0 fully saturated rings. The van der Waals surface area contributed by atoms with Crippen LogP contribution < -0.4 is 10.6 Å². The fraction of sp³-hybridized carbons (Fsp3) is 0.450. The second kappa shape index (κ2) is 9.21. The number of aromatic nitrogens is 4. The van der Waals surface area contributed by atoms with Crippen LogP contribution in [0.3, 0.4) is 0 Å². The molecule has 1 aromatic carbocycles. The highest BCUT2D eigenvalue weighted by molar-refractivity contribution is 5.81. The van der Waals surface area contributed by atoms with E-state index in [-0.39, 0.29) is 0 Å². The number of hydrogen-bond donors (Lipinski definition) is 3. The van der Waals surface area contributed by atoms with Crippen molar-refractivity contribution in [2.24, 2.45) is 12.0 Å². The summed E-state index contributed by atoms with van der Waals surface area (Å²) in [7, 11) is 1.97. The largest absolute Gasteiger partial charge is 0.358 e. The van der Waals surface area contributed by atoms with Crippen molar-refractivity contribution in [3.63, 3.8) is 0 Å². The van der Waals surface area contributed by atoms with Crippen molar-refractivity contribution in [1.82, 2.24) is 30.4 Å². The molecule has 0 aliphatic rings. The number of benzene rings is 1. The van der Waals surface area contributed by atoms with Crippen molar-refractivity contribution >= 4 is 16.9 Å². The fourth-order valence-corrected chi connectivity index (χ4v) is 2.88. The highest BCUT2D eigenvalue weighted by Gasteiger charge is 2.06. The van der Waals surface area contributed by atoms with E-state index in [2.05, 4.69) is 68.1 Å². The third-order valence-corrected chi connectivity index (χ3v) is 4.66. The number of unbranched alkanes of at least 4 members (excludes halogenated alkanes) is 1. The van der Waals surface area contributed by atoms with Gasteiger partial charge in [-0.05, 0) is 30.9 Å². The molecule has 0 radical (unpaired) electrons. The lowest BCUT2D eigenvalue weighted by Crippen LogP contribution is -2.39. The Morgan fingerprint density at radius 3 is 2.74 bits per heavy atom. The van der Waals surface area contributed by atoms with E-state index in [9.17, 15) is 0 Å². The average Bonchev–Trinajstić information content (AvgIpc) is 3.23. The second-order valence-electron chi connectivity index (χ2n) is 6.73. The Bertz CT molecular complexity index is 858. The van der Waals surface area contributed by atoms with Crippen LogP contribution in [0.25, 0.3) is 10.9 Å². The number of H-pyrrole nitrogens is 1. The summed E-state index contributed by atoms with van der Waals surface area (Å²) in [6, 6.07) is 10.6. The zero-order chi connectivity index (χ0) is 19.1. The highest BCUT2D eigenvalue weighted by atomic mass is 15.3. The predicted molar refractivity (Wildman–Crippen MR) is 110 cm³/mol. The summed E-state index contributed by atoms with van der Waals surface area (Å²) >= 11 is 0. The number of aryl methyl sites for hydroxylation is 1. The summed E-state index contributed by atoms with van der Waals surface area (Å²) in [4.78, 5) is 8.14. The summed E-state index contributed by atoms with van der Waals surface area (Å²) in [5.74, 6) is 2.58. The quantitative estimate of drug-likeness (QED) is 0.325. The van der Waals surface area contributed by atoms with Crippen molar-refractivity contribution in [3.8, 4) is 0 Å². The molecule has 2 aromatic heterocycles. The summed E-state index contributed by atoms with van der Waals surface area (Å²) in [5.41, 5.74) is 2.40. The van der Waals surface area contributed by atoms with Crippen LogP contribution in [-0.4, -0.2) is 38.8 Å². The van der Waals surface area contributed by atoms with Gasteiger partial charge in [0.1, 0.15) is 12.4 Å². The van der Waals surface area contributed by atoms with Gasteiger partial charge in [-0.3, -0.25) is 0 Å². The Balaban J connectivity index is 1.58. The van der Waals surface area contributed by atoms with E-state index < -0.39 is 0 Å². The lowest BCUT2D eigenvalue weighted by molar-refractivity contribution is 0.713. The maximum absolute atomic E-state index is 4.67. The molecule has 27 heavy (non-hydrogen) atoms. The van der Waals surface area contributed by atoms with E-state index >= 15 is 0 Å². The van der Waals surface area contributed by atoms with Gasteiger partial charge in [0.05, 0.1) is 0 Å². The minimum absolute atomic E-state index is 0.505. The van der Waals surface area contributed by atoms with Gasteiger partial charge in [0.25, 0.3) is 0 Å². The van der Waals surface area contributed by atoms with E-state index in [1.807, 2.05) is 18.5 Å². The van der Waals surface area contributed by atoms with E-state index in [1.165, 1.54) is 16.6 Å². The van der Waals surface area contributed by atoms with Gasteiger partial charge in [0, 0.05) is 37.8 Å². The van der Waals surface area contributed by atoms with Gasteiger partial charge >= 0.3 is 0 Å². The number of fused-ring (bicyclic) bond motifs is 1. The maximum atomic E-state index is 4.67. The van der Waals surface area contributed by atoms with Crippen LogP contribution in [-0.2, 0) is 20.0 Å². The molecule has 0 aliphatic carbocycles. The zero-order valence-corrected chi connectivity index (χ0v) is 16.4. The Labute approximate surface area is 160 Å². The van der Waals surface area contributed by atoms with Crippen molar-refractivity contribution in [1.29, 1.82) is 0 Å². The van der Waals surface area contributed by atoms with Crippen molar-refractivity contribution < 1.29 is 0 Å². The smallest absolute Gasteiger partial charge is 0.191 e. The second-order valence-corrected chi connectivity index (χ2v) is 6.73. The Kier molecular flexibility index (Phi) is 6.46. The van der Waals surface area contributed by atoms with E-state index in [0.29, 0.717) is 6.54 Å². The van der Waals surface area contributed by atoms with Crippen molar-refractivity contribution in [3.05, 3.63) is 47.7 Å². The van der Waals surface area contributed by atoms with Gasteiger partial charge in [0.15, 0.2) is 11.8 Å². The fourth-order valence-electron chi connectivity index (χ4n) is 2.88. The van der Waals surface area contributed by atoms with Crippen LogP contribution in [0.1, 0.15) is 37.1 Å². The van der Waals surface area contributed by atoms with Gasteiger partial charge in [-0.15, -0.1) is 10.2 Å². The van der Waals surface area contributed by atoms with Crippen LogP contribution >= 0.6 is 0 Å². The number of para-hydroxylation sites is 1. The lowest BCUT2D eigenvalue weighted by atomic mass is 10.2. The molecule has 0 aliphatic heterocycles. The number of aliphatic imine (C=N–C) groups is 1. The molecular weight excluding hydrogens is 338 g/mol. The molecule has 7 nitrogen and oxygen atoms in total. The van der Waals surface area contributed by atoms with Gasteiger partial charge in [0.2, 0.25) is 0 Å². The van der Waals surface area contributed by atoms with Gasteiger partial charge in [-0.25, -0.2) is 4.99 Å². The van der Waals surface area contributed by atoms with Gasteiger partial charge < -0.3 is 20.2 Å². The number of guanidine groups is 1. The van der Waals surface area contributed by atoms with E-state index in [1.54, 1.807) is 0 Å². The van der Waals surface area contributed by atoms with Crippen LogP contribution in [0.5, 0.6) is 0 Å². The van der Waals surface area contributed by atoms with Crippen LogP contribution in [0.2, 0.25) is 0 Å². The number of nitrogens with zero attached hydrogens (tertiary/aromatic N) is 4. The Morgan fingerprint density at radius 2 is 2.00 bits per heavy atom. The van der Waals surface area contributed by atoms with Gasteiger partial charge in [-0.1, -0.05) is 31.5 Å². The van der Waals surface area contributed by atoms with Crippen LogP contribution in [0, 0.1) is 6.92 Å².